The smallest absolute Gasteiger partial charge is 0.230 e. The lowest BCUT2D eigenvalue weighted by molar-refractivity contribution is -0.122. The Morgan fingerprint density at radius 3 is 2.96 bits per heavy atom. The van der Waals surface area contributed by atoms with Crippen LogP contribution in [0, 0.1) is 17.2 Å². The Labute approximate surface area is 154 Å². The summed E-state index contributed by atoms with van der Waals surface area (Å²) in [5, 5.41) is 16.2. The Morgan fingerprint density at radius 2 is 2.27 bits per heavy atom. The number of halogens is 1. The zero-order chi connectivity index (χ0) is 18.8. The third kappa shape index (κ3) is 3.21. The van der Waals surface area contributed by atoms with Gasteiger partial charge in [0, 0.05) is 25.0 Å². The first kappa shape index (κ1) is 17.8. The number of hydrogen-bond donors (Lipinski definition) is 1. The first-order chi connectivity index (χ1) is 12.4. The molecule has 1 fully saturated rings. The van der Waals surface area contributed by atoms with Gasteiger partial charge < -0.3 is 15.0 Å². The van der Waals surface area contributed by atoms with Crippen LogP contribution in [0.2, 0.25) is 5.02 Å². The maximum atomic E-state index is 12.6. The molecule has 0 bridgehead atoms. The Balaban J connectivity index is 1.80. The Morgan fingerprint density at radius 1 is 1.50 bits per heavy atom. The van der Waals surface area contributed by atoms with E-state index in [1.165, 1.54) is 22.9 Å². The molecule has 1 saturated heterocycles. The fourth-order valence-corrected chi connectivity index (χ4v) is 3.04. The number of hydrogen-bond acceptors (Lipinski definition) is 5. The number of nitrogens with one attached hydrogen (secondary N) is 1. The molecule has 1 N–H and O–H groups in total. The number of ether oxygens (including phenoxy) is 1. The molecule has 1 aliphatic rings. The Hall–Kier alpha value is -3.05. The van der Waals surface area contributed by atoms with Crippen molar-refractivity contribution in [1.82, 2.24) is 9.78 Å². The van der Waals surface area contributed by atoms with Crippen LogP contribution in [0.4, 0.5) is 11.5 Å². The molecule has 1 aromatic heterocycles. The summed E-state index contributed by atoms with van der Waals surface area (Å²) in [6.07, 6.45) is 1.43. The minimum Gasteiger partial charge on any atom is -0.495 e. The van der Waals surface area contributed by atoms with Gasteiger partial charge in [-0.25, -0.2) is 0 Å². The van der Waals surface area contributed by atoms with Gasteiger partial charge in [-0.2, -0.15) is 10.4 Å². The summed E-state index contributed by atoms with van der Waals surface area (Å²) in [5.74, 6) is -0.295. The SMILES string of the molecule is COc1ccc(Cl)cc1N1CC(C(=O)Nc2c(C#N)cnn2C)CC1=O. The van der Waals surface area contributed by atoms with Crippen molar-refractivity contribution in [2.24, 2.45) is 13.0 Å². The quantitative estimate of drug-likeness (QED) is 0.882. The van der Waals surface area contributed by atoms with E-state index in [1.54, 1.807) is 25.2 Å². The molecule has 0 radical (unpaired) electrons. The molecule has 1 unspecified atom stereocenters. The van der Waals surface area contributed by atoms with Gasteiger partial charge in [-0.3, -0.25) is 14.3 Å². The number of nitrogens with zero attached hydrogens (tertiary/aromatic N) is 4. The number of benzene rings is 1. The number of aromatic nitrogens is 2. The maximum Gasteiger partial charge on any atom is 0.230 e. The van der Waals surface area contributed by atoms with E-state index < -0.39 is 5.92 Å². The molecule has 2 amide bonds. The molecule has 134 valence electrons. The van der Waals surface area contributed by atoms with E-state index in [0.717, 1.165) is 0 Å². The third-order valence-electron chi connectivity index (χ3n) is 4.23. The van der Waals surface area contributed by atoms with Crippen LogP contribution in [0.25, 0.3) is 0 Å². The van der Waals surface area contributed by atoms with Crippen molar-refractivity contribution in [3.05, 3.63) is 35.0 Å². The van der Waals surface area contributed by atoms with Crippen molar-refractivity contribution in [2.75, 3.05) is 23.9 Å². The van der Waals surface area contributed by atoms with E-state index in [1.807, 2.05) is 6.07 Å². The molecule has 3 rings (SSSR count). The number of carbonyl (C=O) groups is 2. The second-order valence-electron chi connectivity index (χ2n) is 5.85. The highest BCUT2D eigenvalue weighted by Gasteiger charge is 2.37. The van der Waals surface area contributed by atoms with Gasteiger partial charge in [0.25, 0.3) is 0 Å². The summed E-state index contributed by atoms with van der Waals surface area (Å²) in [5.41, 5.74) is 0.789. The average Bonchev–Trinajstić information content (AvgIpc) is 3.18. The van der Waals surface area contributed by atoms with Crippen LogP contribution < -0.4 is 15.0 Å². The van der Waals surface area contributed by atoms with Crippen LogP contribution in [0.3, 0.4) is 0 Å². The molecule has 0 spiro atoms. The lowest BCUT2D eigenvalue weighted by atomic mass is 10.1. The van der Waals surface area contributed by atoms with Crippen molar-refractivity contribution in [2.45, 2.75) is 6.42 Å². The van der Waals surface area contributed by atoms with Crippen LogP contribution in [-0.2, 0) is 16.6 Å². The predicted octanol–water partition coefficient (Wildman–Crippen LogP) is 1.95. The first-order valence-electron chi connectivity index (χ1n) is 7.81. The lowest BCUT2D eigenvalue weighted by Crippen LogP contribution is -2.29. The van der Waals surface area contributed by atoms with Gasteiger partial charge in [-0.1, -0.05) is 11.6 Å². The normalized spacial score (nSPS) is 16.5. The van der Waals surface area contributed by atoms with E-state index in [9.17, 15) is 9.59 Å². The van der Waals surface area contributed by atoms with Crippen molar-refractivity contribution < 1.29 is 14.3 Å². The minimum atomic E-state index is -0.562. The molecule has 8 nitrogen and oxygen atoms in total. The molecule has 1 aliphatic heterocycles. The van der Waals surface area contributed by atoms with Gasteiger partial charge in [-0.05, 0) is 18.2 Å². The van der Waals surface area contributed by atoms with Crippen LogP contribution in [0.15, 0.2) is 24.4 Å². The summed E-state index contributed by atoms with van der Waals surface area (Å²) in [6, 6.07) is 6.94. The van der Waals surface area contributed by atoms with E-state index in [4.69, 9.17) is 21.6 Å². The van der Waals surface area contributed by atoms with E-state index in [0.29, 0.717) is 22.3 Å². The number of aryl methyl sites for hydroxylation is 1. The van der Waals surface area contributed by atoms with Crippen molar-refractivity contribution >= 4 is 34.9 Å². The topological polar surface area (TPSA) is 100 Å². The summed E-state index contributed by atoms with van der Waals surface area (Å²) >= 11 is 6.03. The molecule has 2 aromatic rings. The third-order valence-corrected chi connectivity index (χ3v) is 4.46. The predicted molar refractivity (Wildman–Crippen MR) is 95.0 cm³/mol. The fourth-order valence-electron chi connectivity index (χ4n) is 2.88. The Kier molecular flexibility index (Phi) is 4.82. The highest BCUT2D eigenvalue weighted by molar-refractivity contribution is 6.31. The van der Waals surface area contributed by atoms with Crippen LogP contribution >= 0.6 is 11.6 Å². The van der Waals surface area contributed by atoms with E-state index in [2.05, 4.69) is 10.4 Å². The summed E-state index contributed by atoms with van der Waals surface area (Å²) in [7, 11) is 3.13. The van der Waals surface area contributed by atoms with Crippen LogP contribution in [0.5, 0.6) is 5.75 Å². The second-order valence-corrected chi connectivity index (χ2v) is 6.29. The Bertz CT molecular complexity index is 918. The van der Waals surface area contributed by atoms with E-state index >= 15 is 0 Å². The monoisotopic (exact) mass is 373 g/mol. The number of nitriles is 1. The average molecular weight is 374 g/mol. The van der Waals surface area contributed by atoms with Gasteiger partial charge in [0.05, 0.1) is 24.9 Å². The van der Waals surface area contributed by atoms with Crippen molar-refractivity contribution in [3.63, 3.8) is 0 Å². The number of anilines is 2. The highest BCUT2D eigenvalue weighted by Crippen LogP contribution is 2.35. The number of carbonyl (C=O) groups excluding carboxylic acids is 2. The highest BCUT2D eigenvalue weighted by atomic mass is 35.5. The molecule has 1 aromatic carbocycles. The zero-order valence-corrected chi connectivity index (χ0v) is 14.9. The summed E-state index contributed by atoms with van der Waals surface area (Å²) in [6.45, 7) is 0.196. The maximum absolute atomic E-state index is 12.6. The van der Waals surface area contributed by atoms with Crippen LogP contribution in [-0.4, -0.2) is 35.2 Å². The minimum absolute atomic E-state index is 0.0568. The van der Waals surface area contributed by atoms with Gasteiger partial charge in [-0.15, -0.1) is 0 Å². The van der Waals surface area contributed by atoms with Crippen LogP contribution in [0.1, 0.15) is 12.0 Å². The number of amides is 2. The standard InChI is InChI=1S/C17H16ClN5O3/c1-22-16(11(7-19)8-20-22)21-17(25)10-5-15(24)23(9-10)13-6-12(18)3-4-14(13)26-2/h3-4,6,8,10H,5,9H2,1-2H3,(H,21,25). The lowest BCUT2D eigenvalue weighted by Gasteiger charge is -2.20. The van der Waals surface area contributed by atoms with Crippen molar-refractivity contribution in [3.8, 4) is 11.8 Å². The molecule has 26 heavy (non-hydrogen) atoms. The zero-order valence-electron chi connectivity index (χ0n) is 14.2. The number of rotatable bonds is 4. The molecular weight excluding hydrogens is 358 g/mol. The molecule has 0 saturated carbocycles. The second kappa shape index (κ2) is 7.06. The van der Waals surface area contributed by atoms with Crippen molar-refractivity contribution in [1.29, 1.82) is 5.26 Å². The molecule has 2 heterocycles. The van der Waals surface area contributed by atoms with Gasteiger partial charge in [0.1, 0.15) is 23.2 Å². The first-order valence-corrected chi connectivity index (χ1v) is 8.19. The van der Waals surface area contributed by atoms with Gasteiger partial charge in [0.15, 0.2) is 0 Å². The number of methoxy groups -OCH3 is 1. The largest absolute Gasteiger partial charge is 0.495 e. The summed E-state index contributed by atoms with van der Waals surface area (Å²) in [4.78, 5) is 26.5. The molecule has 0 aliphatic carbocycles. The molecular formula is C17H16ClN5O3. The summed E-state index contributed by atoms with van der Waals surface area (Å²) < 4.78 is 6.70. The van der Waals surface area contributed by atoms with Gasteiger partial charge in [0.2, 0.25) is 11.8 Å². The van der Waals surface area contributed by atoms with E-state index in [-0.39, 0.29) is 30.3 Å². The van der Waals surface area contributed by atoms with Gasteiger partial charge >= 0.3 is 0 Å². The molecule has 1 atom stereocenters. The molecule has 9 heteroatoms. The fraction of sp³-hybridized carbons (Fsp3) is 0.294.